The molecule has 4 rings (SSSR count). The molecule has 2 aromatic heterocycles. The molecular weight excluding hydrogens is 314 g/mol. The van der Waals surface area contributed by atoms with Crippen molar-refractivity contribution in [3.8, 4) is 17.1 Å². The fraction of sp³-hybridized carbons (Fsp3) is 0.278. The van der Waals surface area contributed by atoms with Crippen LogP contribution in [-0.2, 0) is 0 Å². The molecule has 0 aliphatic carbocycles. The predicted molar refractivity (Wildman–Crippen MR) is 98.7 cm³/mol. The van der Waals surface area contributed by atoms with E-state index in [2.05, 4.69) is 31.8 Å². The summed E-state index contributed by atoms with van der Waals surface area (Å²) < 4.78 is 1.89. The monoisotopic (exact) mass is 335 g/mol. The third kappa shape index (κ3) is 3.32. The minimum Gasteiger partial charge on any atom is -0.368 e. The van der Waals surface area contributed by atoms with Crippen LogP contribution in [0.2, 0.25) is 0 Å². The topological polar surface area (TPSA) is 76.1 Å². The van der Waals surface area contributed by atoms with Crippen molar-refractivity contribution in [2.75, 3.05) is 43.9 Å². The molecule has 0 saturated carbocycles. The Kier molecular flexibility index (Phi) is 4.07. The van der Waals surface area contributed by atoms with Gasteiger partial charge in [0.1, 0.15) is 18.0 Å². The Labute approximate surface area is 146 Å². The van der Waals surface area contributed by atoms with Crippen molar-refractivity contribution in [3.63, 3.8) is 0 Å². The maximum atomic E-state index is 5.96. The lowest BCUT2D eigenvalue weighted by atomic mass is 10.2. The third-order valence-electron chi connectivity index (χ3n) is 4.46. The van der Waals surface area contributed by atoms with Gasteiger partial charge in [-0.3, -0.25) is 4.57 Å². The van der Waals surface area contributed by atoms with Crippen molar-refractivity contribution in [1.82, 2.24) is 24.4 Å². The molecule has 3 aromatic rings. The van der Waals surface area contributed by atoms with E-state index in [0.29, 0.717) is 0 Å². The van der Waals surface area contributed by atoms with Gasteiger partial charge in [-0.15, -0.1) is 0 Å². The Balaban J connectivity index is 1.64. The molecule has 1 fully saturated rings. The van der Waals surface area contributed by atoms with Gasteiger partial charge in [-0.1, -0.05) is 30.3 Å². The van der Waals surface area contributed by atoms with Crippen LogP contribution in [0.1, 0.15) is 0 Å². The zero-order chi connectivity index (χ0) is 17.2. The van der Waals surface area contributed by atoms with E-state index in [4.69, 9.17) is 5.73 Å². The summed E-state index contributed by atoms with van der Waals surface area (Å²) in [6.07, 6.45) is 3.72. The molecule has 7 heteroatoms. The Bertz CT molecular complexity index is 851. The zero-order valence-corrected chi connectivity index (χ0v) is 14.2. The van der Waals surface area contributed by atoms with Crippen LogP contribution < -0.4 is 10.6 Å². The average molecular weight is 335 g/mol. The molecule has 0 unspecified atom stereocenters. The minimum absolute atomic E-state index is 0.279. The molecule has 0 radical (unpaired) electrons. The molecule has 1 saturated heterocycles. The lowest BCUT2D eigenvalue weighted by Gasteiger charge is -2.33. The van der Waals surface area contributed by atoms with Gasteiger partial charge in [-0.05, 0) is 7.05 Å². The number of nitrogens with zero attached hydrogens (tertiary/aromatic N) is 6. The number of hydrogen-bond donors (Lipinski definition) is 1. The molecule has 3 heterocycles. The van der Waals surface area contributed by atoms with Gasteiger partial charge >= 0.3 is 0 Å². The number of nitrogen functional groups attached to an aromatic ring is 1. The molecule has 0 atom stereocenters. The minimum atomic E-state index is 0.279. The molecule has 1 aliphatic rings. The summed E-state index contributed by atoms with van der Waals surface area (Å²) in [5.74, 6) is 1.88. The van der Waals surface area contributed by atoms with Crippen LogP contribution in [0.4, 0.5) is 11.8 Å². The number of benzene rings is 1. The number of aromatic nitrogens is 4. The Morgan fingerprint density at radius 3 is 2.44 bits per heavy atom. The van der Waals surface area contributed by atoms with Gasteiger partial charge in [0.2, 0.25) is 5.95 Å². The quantitative estimate of drug-likeness (QED) is 0.784. The van der Waals surface area contributed by atoms with E-state index in [9.17, 15) is 0 Å². The highest BCUT2D eigenvalue weighted by Crippen LogP contribution is 2.21. The molecule has 0 spiro atoms. The van der Waals surface area contributed by atoms with Gasteiger partial charge in [0.15, 0.2) is 0 Å². The van der Waals surface area contributed by atoms with Crippen molar-refractivity contribution >= 4 is 11.8 Å². The fourth-order valence-electron chi connectivity index (χ4n) is 2.98. The van der Waals surface area contributed by atoms with E-state index in [1.165, 1.54) is 0 Å². The number of nitrogens with two attached hydrogens (primary N) is 1. The first-order chi connectivity index (χ1) is 12.2. The van der Waals surface area contributed by atoms with E-state index in [0.717, 1.165) is 49.1 Å². The summed E-state index contributed by atoms with van der Waals surface area (Å²) in [4.78, 5) is 17.8. The van der Waals surface area contributed by atoms with Crippen molar-refractivity contribution in [2.45, 2.75) is 0 Å². The second-order valence-corrected chi connectivity index (χ2v) is 6.27. The summed E-state index contributed by atoms with van der Waals surface area (Å²) >= 11 is 0. The van der Waals surface area contributed by atoms with Crippen molar-refractivity contribution in [3.05, 3.63) is 48.9 Å². The second kappa shape index (κ2) is 6.52. The molecular formula is C18H21N7. The molecule has 2 N–H and O–H groups in total. The first-order valence-electron chi connectivity index (χ1n) is 8.37. The van der Waals surface area contributed by atoms with Crippen LogP contribution >= 0.6 is 0 Å². The smallest absolute Gasteiger partial charge is 0.223 e. The van der Waals surface area contributed by atoms with E-state index in [1.54, 1.807) is 6.33 Å². The molecule has 1 aromatic carbocycles. The van der Waals surface area contributed by atoms with E-state index in [1.807, 2.05) is 47.2 Å². The summed E-state index contributed by atoms with van der Waals surface area (Å²) in [7, 11) is 2.13. The van der Waals surface area contributed by atoms with Gasteiger partial charge < -0.3 is 15.5 Å². The third-order valence-corrected chi connectivity index (χ3v) is 4.46. The molecule has 0 amide bonds. The summed E-state index contributed by atoms with van der Waals surface area (Å²) in [6.45, 7) is 3.90. The van der Waals surface area contributed by atoms with Gasteiger partial charge in [-0.25, -0.2) is 4.98 Å². The fourth-order valence-corrected chi connectivity index (χ4v) is 2.98. The van der Waals surface area contributed by atoms with Crippen LogP contribution in [-0.4, -0.2) is 57.6 Å². The average Bonchev–Trinajstić information content (AvgIpc) is 3.13. The van der Waals surface area contributed by atoms with E-state index >= 15 is 0 Å². The molecule has 1 aliphatic heterocycles. The zero-order valence-electron chi connectivity index (χ0n) is 14.2. The van der Waals surface area contributed by atoms with Gasteiger partial charge in [-0.2, -0.15) is 9.97 Å². The Morgan fingerprint density at radius 1 is 0.960 bits per heavy atom. The van der Waals surface area contributed by atoms with Gasteiger partial charge in [0.05, 0.1) is 5.69 Å². The Morgan fingerprint density at radius 2 is 1.68 bits per heavy atom. The van der Waals surface area contributed by atoms with Crippen LogP contribution in [0.25, 0.3) is 17.1 Å². The van der Waals surface area contributed by atoms with Crippen molar-refractivity contribution < 1.29 is 0 Å². The second-order valence-electron chi connectivity index (χ2n) is 6.27. The highest BCUT2D eigenvalue weighted by molar-refractivity contribution is 5.59. The maximum Gasteiger partial charge on any atom is 0.223 e. The largest absolute Gasteiger partial charge is 0.368 e. The molecule has 25 heavy (non-hydrogen) atoms. The maximum absolute atomic E-state index is 5.96. The van der Waals surface area contributed by atoms with E-state index < -0.39 is 0 Å². The lowest BCUT2D eigenvalue weighted by Crippen LogP contribution is -2.44. The summed E-state index contributed by atoms with van der Waals surface area (Å²) in [5, 5.41) is 0. The number of hydrogen-bond acceptors (Lipinski definition) is 6. The summed E-state index contributed by atoms with van der Waals surface area (Å²) in [5.41, 5.74) is 7.93. The highest BCUT2D eigenvalue weighted by atomic mass is 15.3. The molecule has 7 nitrogen and oxygen atoms in total. The van der Waals surface area contributed by atoms with Gasteiger partial charge in [0.25, 0.3) is 0 Å². The SMILES string of the molecule is CN1CCN(c2cc(-n3cnc(-c4ccccc4)c3)nc(N)n2)CC1. The lowest BCUT2D eigenvalue weighted by molar-refractivity contribution is 0.312. The molecule has 0 bridgehead atoms. The summed E-state index contributed by atoms with van der Waals surface area (Å²) in [6, 6.07) is 12.0. The van der Waals surface area contributed by atoms with Gasteiger partial charge in [0, 0.05) is 44.0 Å². The predicted octanol–water partition coefficient (Wildman–Crippen LogP) is 1.66. The number of piperazine rings is 1. The van der Waals surface area contributed by atoms with Crippen LogP contribution in [0.15, 0.2) is 48.9 Å². The van der Waals surface area contributed by atoms with Crippen molar-refractivity contribution in [1.29, 1.82) is 0 Å². The van der Waals surface area contributed by atoms with Crippen LogP contribution in [0.5, 0.6) is 0 Å². The van der Waals surface area contributed by atoms with E-state index in [-0.39, 0.29) is 5.95 Å². The first kappa shape index (κ1) is 15.6. The van der Waals surface area contributed by atoms with Crippen LogP contribution in [0.3, 0.4) is 0 Å². The van der Waals surface area contributed by atoms with Crippen molar-refractivity contribution in [2.24, 2.45) is 0 Å². The molecule has 128 valence electrons. The first-order valence-corrected chi connectivity index (χ1v) is 8.37. The standard InChI is InChI=1S/C18H21N7/c1-23-7-9-24(10-8-23)16-11-17(22-18(19)21-16)25-12-15(20-13-25)14-5-3-2-4-6-14/h2-6,11-13H,7-10H2,1H3,(H2,19,21,22). The normalized spacial score (nSPS) is 15.5. The van der Waals surface area contributed by atoms with Crippen LogP contribution in [0, 0.1) is 0 Å². The number of rotatable bonds is 3. The highest BCUT2D eigenvalue weighted by Gasteiger charge is 2.17. The Hall–Kier alpha value is -2.93. The number of imidazole rings is 1. The number of anilines is 2. The number of likely N-dealkylation sites (N-methyl/N-ethyl adjacent to an activating group) is 1.